The summed E-state index contributed by atoms with van der Waals surface area (Å²) in [6.07, 6.45) is 6.14. The van der Waals surface area contributed by atoms with Crippen LogP contribution in [0.5, 0.6) is 0 Å². The third-order valence-corrected chi connectivity index (χ3v) is 3.19. The fraction of sp³-hybridized carbons (Fsp3) is 0.364. The molecule has 2 aromatic rings. The first-order valence-electron chi connectivity index (χ1n) is 5.82. The second-order valence-corrected chi connectivity index (χ2v) is 4.62. The SMILES string of the molecule is Clc1cnc(NC2CCNC2)nc1-c1cn[nH]c1. The van der Waals surface area contributed by atoms with Crippen LogP contribution in [0.2, 0.25) is 5.02 Å². The number of aromatic nitrogens is 4. The molecular formula is C11H13ClN6. The van der Waals surface area contributed by atoms with Crippen molar-refractivity contribution in [1.82, 2.24) is 25.5 Å². The minimum atomic E-state index is 0.378. The number of nitrogens with zero attached hydrogens (tertiary/aromatic N) is 3. The number of rotatable bonds is 3. The molecule has 94 valence electrons. The van der Waals surface area contributed by atoms with Crippen LogP contribution in [0.25, 0.3) is 11.3 Å². The second kappa shape index (κ2) is 4.91. The molecule has 3 heterocycles. The summed E-state index contributed by atoms with van der Waals surface area (Å²) in [6.45, 7) is 1.97. The molecule has 7 heteroatoms. The van der Waals surface area contributed by atoms with E-state index in [1.54, 1.807) is 18.6 Å². The molecule has 0 bridgehead atoms. The highest BCUT2D eigenvalue weighted by Gasteiger charge is 2.16. The van der Waals surface area contributed by atoms with Crippen LogP contribution in [0.3, 0.4) is 0 Å². The zero-order chi connectivity index (χ0) is 12.4. The molecule has 18 heavy (non-hydrogen) atoms. The summed E-state index contributed by atoms with van der Waals surface area (Å²) in [5.74, 6) is 0.601. The van der Waals surface area contributed by atoms with Gasteiger partial charge >= 0.3 is 0 Å². The van der Waals surface area contributed by atoms with Crippen molar-refractivity contribution in [3.8, 4) is 11.3 Å². The summed E-state index contributed by atoms with van der Waals surface area (Å²) in [5, 5.41) is 13.8. The Morgan fingerprint density at radius 2 is 2.33 bits per heavy atom. The lowest BCUT2D eigenvalue weighted by atomic mass is 10.2. The molecule has 0 aromatic carbocycles. The molecule has 3 rings (SSSR count). The van der Waals surface area contributed by atoms with Gasteiger partial charge in [0.2, 0.25) is 5.95 Å². The van der Waals surface area contributed by atoms with Crippen LogP contribution >= 0.6 is 11.6 Å². The van der Waals surface area contributed by atoms with E-state index in [-0.39, 0.29) is 0 Å². The Labute approximate surface area is 109 Å². The Morgan fingerprint density at radius 3 is 3.06 bits per heavy atom. The monoisotopic (exact) mass is 264 g/mol. The van der Waals surface area contributed by atoms with Gasteiger partial charge in [-0.2, -0.15) is 5.10 Å². The van der Waals surface area contributed by atoms with Gasteiger partial charge in [0.1, 0.15) is 0 Å². The van der Waals surface area contributed by atoms with Crippen molar-refractivity contribution in [2.75, 3.05) is 18.4 Å². The minimum Gasteiger partial charge on any atom is -0.350 e. The maximum absolute atomic E-state index is 6.10. The Kier molecular flexibility index (Phi) is 3.12. The predicted octanol–water partition coefficient (Wildman–Crippen LogP) is 1.29. The van der Waals surface area contributed by atoms with Gasteiger partial charge < -0.3 is 10.6 Å². The molecule has 1 saturated heterocycles. The third kappa shape index (κ3) is 2.30. The standard InChI is InChI=1S/C11H13ClN6/c12-9-6-14-11(17-8-1-2-13-5-8)18-10(9)7-3-15-16-4-7/h3-4,6,8,13H,1-2,5H2,(H,15,16)(H,14,17,18). The van der Waals surface area contributed by atoms with Crippen LogP contribution in [0.15, 0.2) is 18.6 Å². The van der Waals surface area contributed by atoms with E-state index in [0.717, 1.165) is 25.1 Å². The number of halogens is 1. The van der Waals surface area contributed by atoms with E-state index in [9.17, 15) is 0 Å². The lowest BCUT2D eigenvalue weighted by Gasteiger charge is -2.11. The topological polar surface area (TPSA) is 78.5 Å². The molecular weight excluding hydrogens is 252 g/mol. The molecule has 0 radical (unpaired) electrons. The lowest BCUT2D eigenvalue weighted by Crippen LogP contribution is -2.23. The van der Waals surface area contributed by atoms with Crippen molar-refractivity contribution in [2.24, 2.45) is 0 Å². The number of H-pyrrole nitrogens is 1. The molecule has 0 amide bonds. The van der Waals surface area contributed by atoms with Gasteiger partial charge in [-0.05, 0) is 13.0 Å². The fourth-order valence-corrected chi connectivity index (χ4v) is 2.18. The molecule has 0 aliphatic carbocycles. The quantitative estimate of drug-likeness (QED) is 0.779. The smallest absolute Gasteiger partial charge is 0.223 e. The number of aromatic amines is 1. The van der Waals surface area contributed by atoms with Gasteiger partial charge in [0.05, 0.1) is 23.1 Å². The van der Waals surface area contributed by atoms with Gasteiger partial charge in [0.15, 0.2) is 0 Å². The summed E-state index contributed by atoms with van der Waals surface area (Å²) in [4.78, 5) is 8.64. The van der Waals surface area contributed by atoms with Crippen LogP contribution in [-0.4, -0.2) is 39.3 Å². The highest BCUT2D eigenvalue weighted by atomic mass is 35.5. The Bertz CT molecular complexity index is 520. The molecule has 0 saturated carbocycles. The van der Waals surface area contributed by atoms with E-state index in [2.05, 4.69) is 30.8 Å². The Morgan fingerprint density at radius 1 is 1.39 bits per heavy atom. The zero-order valence-electron chi connectivity index (χ0n) is 9.65. The number of nitrogens with one attached hydrogen (secondary N) is 3. The summed E-state index contributed by atoms with van der Waals surface area (Å²) in [7, 11) is 0. The second-order valence-electron chi connectivity index (χ2n) is 4.21. The predicted molar refractivity (Wildman–Crippen MR) is 69.5 cm³/mol. The molecule has 1 fully saturated rings. The van der Waals surface area contributed by atoms with Crippen LogP contribution < -0.4 is 10.6 Å². The van der Waals surface area contributed by atoms with E-state index in [1.165, 1.54) is 0 Å². The number of anilines is 1. The molecule has 6 nitrogen and oxygen atoms in total. The van der Waals surface area contributed by atoms with E-state index >= 15 is 0 Å². The van der Waals surface area contributed by atoms with Crippen molar-refractivity contribution in [1.29, 1.82) is 0 Å². The molecule has 3 N–H and O–H groups in total. The first kappa shape index (κ1) is 11.4. The number of hydrogen-bond acceptors (Lipinski definition) is 5. The molecule has 1 aliphatic heterocycles. The zero-order valence-corrected chi connectivity index (χ0v) is 10.4. The lowest BCUT2D eigenvalue weighted by molar-refractivity contribution is 0.781. The maximum Gasteiger partial charge on any atom is 0.223 e. The van der Waals surface area contributed by atoms with Crippen LogP contribution in [0, 0.1) is 0 Å². The number of hydrogen-bond donors (Lipinski definition) is 3. The Balaban J connectivity index is 1.86. The van der Waals surface area contributed by atoms with Crippen LogP contribution in [0.4, 0.5) is 5.95 Å². The van der Waals surface area contributed by atoms with Gasteiger partial charge in [0, 0.05) is 24.3 Å². The average Bonchev–Trinajstić information content (AvgIpc) is 3.04. The van der Waals surface area contributed by atoms with Crippen molar-refractivity contribution in [3.63, 3.8) is 0 Å². The Hall–Kier alpha value is -1.66. The molecule has 1 aliphatic rings. The van der Waals surface area contributed by atoms with Gasteiger partial charge in [0.25, 0.3) is 0 Å². The van der Waals surface area contributed by atoms with Crippen molar-refractivity contribution < 1.29 is 0 Å². The summed E-state index contributed by atoms with van der Waals surface area (Å²) in [5.41, 5.74) is 1.55. The molecule has 0 spiro atoms. The van der Waals surface area contributed by atoms with Gasteiger partial charge in [-0.25, -0.2) is 9.97 Å². The van der Waals surface area contributed by atoms with E-state index in [4.69, 9.17) is 11.6 Å². The first-order valence-corrected chi connectivity index (χ1v) is 6.19. The summed E-state index contributed by atoms with van der Waals surface area (Å²) >= 11 is 6.10. The van der Waals surface area contributed by atoms with Gasteiger partial charge in [-0.3, -0.25) is 5.10 Å². The largest absolute Gasteiger partial charge is 0.350 e. The van der Waals surface area contributed by atoms with Crippen molar-refractivity contribution in [3.05, 3.63) is 23.6 Å². The van der Waals surface area contributed by atoms with Crippen molar-refractivity contribution >= 4 is 17.5 Å². The van der Waals surface area contributed by atoms with Crippen molar-refractivity contribution in [2.45, 2.75) is 12.5 Å². The highest BCUT2D eigenvalue weighted by molar-refractivity contribution is 6.32. The van der Waals surface area contributed by atoms with E-state index in [1.807, 2.05) is 0 Å². The summed E-state index contributed by atoms with van der Waals surface area (Å²) in [6, 6.07) is 0.378. The van der Waals surface area contributed by atoms with Crippen LogP contribution in [-0.2, 0) is 0 Å². The van der Waals surface area contributed by atoms with Crippen LogP contribution in [0.1, 0.15) is 6.42 Å². The van der Waals surface area contributed by atoms with E-state index < -0.39 is 0 Å². The average molecular weight is 265 g/mol. The minimum absolute atomic E-state index is 0.378. The van der Waals surface area contributed by atoms with E-state index in [0.29, 0.717) is 22.7 Å². The molecule has 1 unspecified atom stereocenters. The first-order chi connectivity index (χ1) is 8.83. The molecule has 1 atom stereocenters. The fourth-order valence-electron chi connectivity index (χ4n) is 1.98. The maximum atomic E-state index is 6.10. The van der Waals surface area contributed by atoms with Gasteiger partial charge in [-0.15, -0.1) is 0 Å². The normalized spacial score (nSPS) is 19.1. The highest BCUT2D eigenvalue weighted by Crippen LogP contribution is 2.25. The summed E-state index contributed by atoms with van der Waals surface area (Å²) < 4.78 is 0. The molecule has 2 aromatic heterocycles. The third-order valence-electron chi connectivity index (χ3n) is 2.91. The van der Waals surface area contributed by atoms with Gasteiger partial charge in [-0.1, -0.05) is 11.6 Å².